The normalized spacial score (nSPS) is 24.1. The minimum atomic E-state index is 0.0263. The Morgan fingerprint density at radius 1 is 1.39 bits per heavy atom. The van der Waals surface area contributed by atoms with Gasteiger partial charge in [0.15, 0.2) is 0 Å². The van der Waals surface area contributed by atoms with E-state index in [1.807, 2.05) is 4.90 Å². The summed E-state index contributed by atoms with van der Waals surface area (Å²) in [7, 11) is 3.33. The van der Waals surface area contributed by atoms with E-state index in [9.17, 15) is 4.79 Å². The molecule has 100 valence electrons. The molecular weight excluding hydrogens is 230 g/mol. The van der Waals surface area contributed by atoms with E-state index < -0.39 is 0 Å². The Bertz CT molecular complexity index is 431. The van der Waals surface area contributed by atoms with E-state index in [4.69, 9.17) is 4.74 Å². The molecule has 18 heavy (non-hydrogen) atoms. The summed E-state index contributed by atoms with van der Waals surface area (Å²) >= 11 is 0. The Balaban J connectivity index is 2.19. The van der Waals surface area contributed by atoms with Crippen molar-refractivity contribution in [2.45, 2.75) is 20.3 Å². The summed E-state index contributed by atoms with van der Waals surface area (Å²) in [6.07, 6.45) is 2.92. The number of ether oxygens (including phenoxy) is 1. The van der Waals surface area contributed by atoms with Crippen LogP contribution in [0.25, 0.3) is 0 Å². The first-order valence-electron chi connectivity index (χ1n) is 6.38. The van der Waals surface area contributed by atoms with Crippen LogP contribution in [0.4, 0.5) is 0 Å². The van der Waals surface area contributed by atoms with Crippen LogP contribution >= 0.6 is 0 Å². The topological polar surface area (TPSA) is 47.4 Å². The maximum atomic E-state index is 12.5. The fourth-order valence-electron chi connectivity index (χ4n) is 2.76. The molecule has 1 aliphatic heterocycles. The number of amides is 1. The lowest BCUT2D eigenvalue weighted by Gasteiger charge is -2.34. The van der Waals surface area contributed by atoms with Gasteiger partial charge in [-0.3, -0.25) is 9.48 Å². The molecule has 1 aliphatic rings. The van der Waals surface area contributed by atoms with Crippen LogP contribution in [0.5, 0.6) is 5.88 Å². The molecule has 0 radical (unpaired) electrons. The van der Waals surface area contributed by atoms with Crippen LogP contribution in [-0.4, -0.2) is 40.8 Å². The third-order valence-corrected chi connectivity index (χ3v) is 3.37. The van der Waals surface area contributed by atoms with Crippen molar-refractivity contribution in [1.29, 1.82) is 0 Å². The van der Waals surface area contributed by atoms with Crippen LogP contribution < -0.4 is 4.74 Å². The average Bonchev–Trinajstić information content (AvgIpc) is 2.68. The molecule has 2 atom stereocenters. The van der Waals surface area contributed by atoms with Crippen LogP contribution in [-0.2, 0) is 7.05 Å². The van der Waals surface area contributed by atoms with Crippen molar-refractivity contribution < 1.29 is 9.53 Å². The molecule has 5 heteroatoms. The van der Waals surface area contributed by atoms with Gasteiger partial charge in [-0.2, -0.15) is 0 Å². The number of methoxy groups -OCH3 is 1. The number of piperidine rings is 1. The number of carbonyl (C=O) groups is 1. The van der Waals surface area contributed by atoms with Crippen molar-refractivity contribution in [3.8, 4) is 5.88 Å². The van der Waals surface area contributed by atoms with Gasteiger partial charge in [0.25, 0.3) is 5.91 Å². The van der Waals surface area contributed by atoms with Gasteiger partial charge in [0.2, 0.25) is 5.88 Å². The van der Waals surface area contributed by atoms with Crippen LogP contribution in [0, 0.1) is 11.8 Å². The summed E-state index contributed by atoms with van der Waals surface area (Å²) in [5, 5.41) is 4.13. The molecule has 0 saturated carbocycles. The molecule has 1 amide bonds. The molecule has 0 spiro atoms. The van der Waals surface area contributed by atoms with Gasteiger partial charge < -0.3 is 9.64 Å². The minimum absolute atomic E-state index is 0.0263. The van der Waals surface area contributed by atoms with Gasteiger partial charge >= 0.3 is 0 Å². The molecule has 0 N–H and O–H groups in total. The maximum absolute atomic E-state index is 12.5. The first-order chi connectivity index (χ1) is 8.51. The molecule has 0 unspecified atom stereocenters. The SMILES string of the molecule is COc1nn(C)cc1C(=O)N1C[C@H](C)C[C@H](C)C1. The van der Waals surface area contributed by atoms with Gasteiger partial charge in [-0.1, -0.05) is 13.8 Å². The molecule has 0 bridgehead atoms. The number of likely N-dealkylation sites (tertiary alicyclic amines) is 1. The van der Waals surface area contributed by atoms with Gasteiger partial charge in [0.05, 0.1) is 7.11 Å². The van der Waals surface area contributed by atoms with E-state index in [0.717, 1.165) is 13.1 Å². The Morgan fingerprint density at radius 3 is 2.56 bits per heavy atom. The summed E-state index contributed by atoms with van der Waals surface area (Å²) in [4.78, 5) is 14.4. The van der Waals surface area contributed by atoms with E-state index in [1.54, 1.807) is 25.0 Å². The van der Waals surface area contributed by atoms with Gasteiger partial charge in [-0.25, -0.2) is 0 Å². The van der Waals surface area contributed by atoms with Crippen molar-refractivity contribution in [3.05, 3.63) is 11.8 Å². The lowest BCUT2D eigenvalue weighted by atomic mass is 9.91. The molecule has 2 heterocycles. The molecular formula is C13H21N3O2. The van der Waals surface area contributed by atoms with E-state index >= 15 is 0 Å². The highest BCUT2D eigenvalue weighted by atomic mass is 16.5. The minimum Gasteiger partial charge on any atom is -0.479 e. The number of hydrogen-bond donors (Lipinski definition) is 0. The molecule has 1 aromatic heterocycles. The molecule has 0 aromatic carbocycles. The quantitative estimate of drug-likeness (QED) is 0.801. The Labute approximate surface area is 108 Å². The van der Waals surface area contributed by atoms with E-state index in [1.165, 1.54) is 6.42 Å². The maximum Gasteiger partial charge on any atom is 0.260 e. The molecule has 1 fully saturated rings. The smallest absolute Gasteiger partial charge is 0.260 e. The third kappa shape index (κ3) is 2.49. The summed E-state index contributed by atoms with van der Waals surface area (Å²) < 4.78 is 6.77. The van der Waals surface area contributed by atoms with Crippen LogP contribution in [0.3, 0.4) is 0 Å². The fraction of sp³-hybridized carbons (Fsp3) is 0.692. The number of aromatic nitrogens is 2. The monoisotopic (exact) mass is 251 g/mol. The highest BCUT2D eigenvalue weighted by Gasteiger charge is 2.28. The predicted octanol–water partition coefficient (Wildman–Crippen LogP) is 1.55. The Kier molecular flexibility index (Phi) is 3.59. The first-order valence-corrected chi connectivity index (χ1v) is 6.38. The first kappa shape index (κ1) is 12.9. The zero-order valence-electron chi connectivity index (χ0n) is 11.5. The lowest BCUT2D eigenvalue weighted by molar-refractivity contribution is 0.0620. The zero-order chi connectivity index (χ0) is 13.3. The van der Waals surface area contributed by atoms with E-state index in [0.29, 0.717) is 23.3 Å². The predicted molar refractivity (Wildman–Crippen MR) is 68.6 cm³/mol. The average molecular weight is 251 g/mol. The Hall–Kier alpha value is -1.52. The van der Waals surface area contributed by atoms with Crippen molar-refractivity contribution in [2.75, 3.05) is 20.2 Å². The molecule has 5 nitrogen and oxygen atoms in total. The summed E-state index contributed by atoms with van der Waals surface area (Å²) in [6.45, 7) is 6.02. The van der Waals surface area contributed by atoms with Gasteiger partial charge in [-0.05, 0) is 18.3 Å². The highest BCUT2D eigenvalue weighted by molar-refractivity contribution is 5.96. The number of nitrogens with zero attached hydrogens (tertiary/aromatic N) is 3. The van der Waals surface area contributed by atoms with Crippen LogP contribution in [0.15, 0.2) is 6.20 Å². The second-order valence-electron chi connectivity index (χ2n) is 5.38. The fourth-order valence-corrected chi connectivity index (χ4v) is 2.76. The van der Waals surface area contributed by atoms with Crippen molar-refractivity contribution in [3.63, 3.8) is 0 Å². The molecule has 1 aromatic rings. The number of rotatable bonds is 2. The standard InChI is InChI=1S/C13H21N3O2/c1-9-5-10(2)7-16(6-9)13(17)11-8-15(3)14-12(11)18-4/h8-10H,5-7H2,1-4H3/t9-,10+. The molecule has 2 rings (SSSR count). The van der Waals surface area contributed by atoms with E-state index in [2.05, 4.69) is 18.9 Å². The van der Waals surface area contributed by atoms with E-state index in [-0.39, 0.29) is 5.91 Å². The van der Waals surface area contributed by atoms with Crippen LogP contribution in [0.2, 0.25) is 0 Å². The van der Waals surface area contributed by atoms with Crippen LogP contribution in [0.1, 0.15) is 30.6 Å². The van der Waals surface area contributed by atoms with Gasteiger partial charge in [0, 0.05) is 26.3 Å². The van der Waals surface area contributed by atoms with Crippen molar-refractivity contribution in [2.24, 2.45) is 18.9 Å². The van der Waals surface area contributed by atoms with Crippen molar-refractivity contribution >= 4 is 5.91 Å². The second-order valence-corrected chi connectivity index (χ2v) is 5.38. The summed E-state index contributed by atoms with van der Waals surface area (Å²) in [5.74, 6) is 1.55. The number of carbonyl (C=O) groups excluding carboxylic acids is 1. The lowest BCUT2D eigenvalue weighted by Crippen LogP contribution is -2.42. The summed E-state index contributed by atoms with van der Waals surface area (Å²) in [5.41, 5.74) is 0.557. The number of hydrogen-bond acceptors (Lipinski definition) is 3. The van der Waals surface area contributed by atoms with Crippen molar-refractivity contribution in [1.82, 2.24) is 14.7 Å². The molecule has 1 saturated heterocycles. The Morgan fingerprint density at radius 2 is 2.00 bits per heavy atom. The largest absolute Gasteiger partial charge is 0.479 e. The number of aryl methyl sites for hydroxylation is 1. The van der Waals surface area contributed by atoms with Gasteiger partial charge in [-0.15, -0.1) is 5.10 Å². The zero-order valence-corrected chi connectivity index (χ0v) is 11.5. The molecule has 0 aliphatic carbocycles. The van der Waals surface area contributed by atoms with Gasteiger partial charge in [0.1, 0.15) is 5.56 Å². The third-order valence-electron chi connectivity index (χ3n) is 3.37. The second kappa shape index (κ2) is 5.00. The highest BCUT2D eigenvalue weighted by Crippen LogP contribution is 2.24. The summed E-state index contributed by atoms with van der Waals surface area (Å²) in [6, 6.07) is 0.